The molecule has 10 nitrogen and oxygen atoms in total. The summed E-state index contributed by atoms with van der Waals surface area (Å²) in [5, 5.41) is 28.7. The number of aliphatic hydroxyl groups excluding tert-OH is 1. The number of carboxylic acid groups (broad SMARTS) is 1. The first-order valence-electron chi connectivity index (χ1n) is 5.11. The highest BCUT2D eigenvalue weighted by Crippen LogP contribution is 2.06. The summed E-state index contributed by atoms with van der Waals surface area (Å²) in [6.07, 6.45) is 2.59. The highest BCUT2D eigenvalue weighted by Gasteiger charge is 2.16. The van der Waals surface area contributed by atoms with Crippen molar-refractivity contribution in [3.05, 3.63) is 22.5 Å². The van der Waals surface area contributed by atoms with E-state index >= 15 is 0 Å². The van der Waals surface area contributed by atoms with E-state index < -0.39 is 16.8 Å². The van der Waals surface area contributed by atoms with Crippen LogP contribution in [0.25, 0.3) is 0 Å². The molecule has 1 amide bonds. The summed E-state index contributed by atoms with van der Waals surface area (Å²) >= 11 is 0. The van der Waals surface area contributed by atoms with Gasteiger partial charge in [-0.25, -0.2) is 4.57 Å². The van der Waals surface area contributed by atoms with E-state index in [1.165, 1.54) is 12.4 Å². The van der Waals surface area contributed by atoms with Crippen LogP contribution in [0.3, 0.4) is 0 Å². The number of aliphatic carboxylic acids is 1. The Balaban J connectivity index is 0.000000711. The second kappa shape index (κ2) is 8.58. The number of carbonyl (C=O) groups excluding carboxylic acids is 1. The van der Waals surface area contributed by atoms with Crippen molar-refractivity contribution < 1.29 is 24.7 Å². The van der Waals surface area contributed by atoms with Crippen molar-refractivity contribution in [2.45, 2.75) is 13.5 Å². The molecular weight excluding hydrogens is 260 g/mol. The molecular formula is C9H14N4O6. The van der Waals surface area contributed by atoms with E-state index in [1.807, 2.05) is 0 Å². The topological polar surface area (TPSA) is 148 Å². The van der Waals surface area contributed by atoms with Crippen LogP contribution in [0.4, 0.5) is 5.95 Å². The summed E-state index contributed by atoms with van der Waals surface area (Å²) in [5.41, 5.74) is 0. The second-order valence-electron chi connectivity index (χ2n) is 3.20. The molecule has 0 atom stereocenters. The monoisotopic (exact) mass is 274 g/mol. The fraction of sp³-hybridized carbons (Fsp3) is 0.444. The minimum Gasteiger partial charge on any atom is -0.481 e. The second-order valence-corrected chi connectivity index (χ2v) is 3.20. The Bertz CT molecular complexity index is 440. The van der Waals surface area contributed by atoms with Crippen LogP contribution in [-0.2, 0) is 16.1 Å². The van der Waals surface area contributed by atoms with E-state index in [0.29, 0.717) is 0 Å². The first-order chi connectivity index (χ1) is 8.88. The molecule has 1 aromatic rings. The van der Waals surface area contributed by atoms with Crippen molar-refractivity contribution >= 4 is 17.8 Å². The third kappa shape index (κ3) is 7.44. The molecule has 0 aliphatic carbocycles. The Morgan fingerprint density at radius 3 is 2.63 bits per heavy atom. The zero-order valence-corrected chi connectivity index (χ0v) is 10.1. The maximum absolute atomic E-state index is 11.2. The van der Waals surface area contributed by atoms with Gasteiger partial charge in [-0.2, -0.15) is 0 Å². The summed E-state index contributed by atoms with van der Waals surface area (Å²) < 4.78 is 1.12. The van der Waals surface area contributed by atoms with Gasteiger partial charge in [0.15, 0.2) is 6.54 Å². The van der Waals surface area contributed by atoms with Crippen LogP contribution in [-0.4, -0.2) is 49.7 Å². The van der Waals surface area contributed by atoms with Gasteiger partial charge in [-0.05, 0) is 4.92 Å². The normalized spacial score (nSPS) is 9.16. The summed E-state index contributed by atoms with van der Waals surface area (Å²) in [6.45, 7) is 0.857. The van der Waals surface area contributed by atoms with Gasteiger partial charge < -0.3 is 25.6 Å². The minimum absolute atomic E-state index is 0.126. The van der Waals surface area contributed by atoms with Crippen molar-refractivity contribution in [2.24, 2.45) is 0 Å². The van der Waals surface area contributed by atoms with Gasteiger partial charge >= 0.3 is 5.95 Å². The maximum atomic E-state index is 11.2. The number of imidazole rings is 1. The predicted octanol–water partition coefficient (Wildman–Crippen LogP) is -1.01. The predicted molar refractivity (Wildman–Crippen MR) is 62.3 cm³/mol. The Labute approximate surface area is 107 Å². The SMILES string of the molecule is CC(=O)O.O=C(Cn1ccnc1[N+](=O)[O-])NCCO. The number of amides is 1. The largest absolute Gasteiger partial charge is 0.481 e. The third-order valence-corrected chi connectivity index (χ3v) is 1.60. The van der Waals surface area contributed by atoms with Gasteiger partial charge in [0.1, 0.15) is 12.4 Å². The molecule has 1 heterocycles. The molecule has 19 heavy (non-hydrogen) atoms. The van der Waals surface area contributed by atoms with Gasteiger partial charge in [0.2, 0.25) is 0 Å². The molecule has 0 aliphatic rings. The minimum atomic E-state index is -0.833. The summed E-state index contributed by atoms with van der Waals surface area (Å²) in [4.78, 5) is 33.4. The molecule has 0 saturated heterocycles. The molecule has 10 heteroatoms. The van der Waals surface area contributed by atoms with Crippen LogP contribution in [0, 0.1) is 10.1 Å². The highest BCUT2D eigenvalue weighted by atomic mass is 16.6. The lowest BCUT2D eigenvalue weighted by molar-refractivity contribution is -0.396. The Morgan fingerprint density at radius 1 is 1.58 bits per heavy atom. The van der Waals surface area contributed by atoms with E-state index in [0.717, 1.165) is 11.5 Å². The standard InChI is InChI=1S/C7H10N4O4.C2H4O2/c12-4-2-8-6(13)5-10-3-1-9-7(10)11(14)15;1-2(3)4/h1,3,12H,2,4-5H2,(H,8,13);1H3,(H,3,4). The number of carboxylic acids is 1. The number of rotatable bonds is 5. The molecule has 0 aromatic carbocycles. The van der Waals surface area contributed by atoms with Crippen molar-refractivity contribution in [3.63, 3.8) is 0 Å². The number of aromatic nitrogens is 2. The summed E-state index contributed by atoms with van der Waals surface area (Å²) in [6, 6.07) is 0. The van der Waals surface area contributed by atoms with Crippen LogP contribution in [0.5, 0.6) is 0 Å². The lowest BCUT2D eigenvalue weighted by Gasteiger charge is -2.02. The van der Waals surface area contributed by atoms with Crippen molar-refractivity contribution in [1.82, 2.24) is 14.9 Å². The molecule has 0 spiro atoms. The van der Waals surface area contributed by atoms with Crippen molar-refractivity contribution in [1.29, 1.82) is 0 Å². The van der Waals surface area contributed by atoms with Gasteiger partial charge in [0.05, 0.1) is 6.61 Å². The lowest BCUT2D eigenvalue weighted by atomic mass is 10.5. The van der Waals surface area contributed by atoms with Crippen LogP contribution in [0.15, 0.2) is 12.4 Å². The van der Waals surface area contributed by atoms with Gasteiger partial charge in [-0.1, -0.05) is 4.98 Å². The number of carbonyl (C=O) groups is 2. The number of nitro groups is 1. The van der Waals surface area contributed by atoms with Crippen molar-refractivity contribution in [2.75, 3.05) is 13.2 Å². The van der Waals surface area contributed by atoms with Crippen LogP contribution in [0.2, 0.25) is 0 Å². The average molecular weight is 274 g/mol. The summed E-state index contributed by atoms with van der Waals surface area (Å²) in [7, 11) is 0. The first-order valence-corrected chi connectivity index (χ1v) is 5.11. The number of nitrogens with one attached hydrogen (secondary N) is 1. The zero-order valence-electron chi connectivity index (χ0n) is 10.1. The van der Waals surface area contributed by atoms with Gasteiger partial charge in [0, 0.05) is 13.5 Å². The summed E-state index contributed by atoms with van der Waals surface area (Å²) in [5.74, 6) is -1.63. The molecule has 106 valence electrons. The maximum Gasteiger partial charge on any atom is 0.435 e. The smallest absolute Gasteiger partial charge is 0.435 e. The average Bonchev–Trinajstić information content (AvgIpc) is 2.73. The fourth-order valence-corrected chi connectivity index (χ4v) is 1.00. The Kier molecular flexibility index (Phi) is 7.45. The Morgan fingerprint density at radius 2 is 2.16 bits per heavy atom. The van der Waals surface area contributed by atoms with Gasteiger partial charge in [-0.15, -0.1) is 0 Å². The highest BCUT2D eigenvalue weighted by molar-refractivity contribution is 5.75. The van der Waals surface area contributed by atoms with Crippen LogP contribution in [0.1, 0.15) is 6.92 Å². The molecule has 0 unspecified atom stereocenters. The molecule has 0 radical (unpaired) electrons. The molecule has 1 rings (SSSR count). The molecule has 0 saturated carbocycles. The molecule has 0 aliphatic heterocycles. The molecule has 1 aromatic heterocycles. The fourth-order valence-electron chi connectivity index (χ4n) is 1.00. The Hall–Kier alpha value is -2.49. The molecule has 3 N–H and O–H groups in total. The molecule has 0 fully saturated rings. The number of nitrogens with zero attached hydrogens (tertiary/aromatic N) is 3. The number of aliphatic hydroxyl groups is 1. The van der Waals surface area contributed by atoms with Crippen LogP contribution >= 0.6 is 0 Å². The van der Waals surface area contributed by atoms with Crippen molar-refractivity contribution in [3.8, 4) is 0 Å². The number of hydrogen-bond donors (Lipinski definition) is 3. The number of hydrogen-bond acceptors (Lipinski definition) is 6. The first kappa shape index (κ1) is 16.5. The molecule has 0 bridgehead atoms. The quantitative estimate of drug-likeness (QED) is 0.460. The van der Waals surface area contributed by atoms with Crippen LogP contribution < -0.4 is 5.32 Å². The van der Waals surface area contributed by atoms with E-state index in [9.17, 15) is 14.9 Å². The van der Waals surface area contributed by atoms with E-state index in [4.69, 9.17) is 15.0 Å². The van der Waals surface area contributed by atoms with E-state index in [2.05, 4.69) is 10.3 Å². The van der Waals surface area contributed by atoms with Gasteiger partial charge in [-0.3, -0.25) is 9.59 Å². The van der Waals surface area contributed by atoms with Gasteiger partial charge in [0.25, 0.3) is 11.9 Å². The van der Waals surface area contributed by atoms with E-state index in [1.54, 1.807) is 0 Å². The zero-order chi connectivity index (χ0) is 14.8. The van der Waals surface area contributed by atoms with E-state index in [-0.39, 0.29) is 25.6 Å². The lowest BCUT2D eigenvalue weighted by Crippen LogP contribution is -2.30. The third-order valence-electron chi connectivity index (χ3n) is 1.60.